The van der Waals surface area contributed by atoms with E-state index in [0.29, 0.717) is 24.0 Å². The van der Waals surface area contributed by atoms with E-state index < -0.39 is 11.8 Å². The van der Waals surface area contributed by atoms with Crippen molar-refractivity contribution < 1.29 is 14.0 Å². The fourth-order valence-corrected chi connectivity index (χ4v) is 3.96. The minimum atomic E-state index is -0.707. The van der Waals surface area contributed by atoms with Gasteiger partial charge in [0.05, 0.1) is 5.69 Å². The molecule has 2 N–H and O–H groups in total. The summed E-state index contributed by atoms with van der Waals surface area (Å²) in [7, 11) is 0. The largest absolute Gasteiger partial charge is 0.348 e. The van der Waals surface area contributed by atoms with Crippen LogP contribution in [0.1, 0.15) is 35.4 Å². The van der Waals surface area contributed by atoms with E-state index in [2.05, 4.69) is 27.8 Å². The number of aromatic nitrogens is 1. The zero-order valence-electron chi connectivity index (χ0n) is 15.1. The SMILES string of the molecule is Cc1nc(NC(=O)C(=O)NCCC2CC=CC2)sc1Cc1ccc(F)cc1. The molecule has 7 heteroatoms. The maximum Gasteiger partial charge on any atom is 0.315 e. The highest BCUT2D eigenvalue weighted by molar-refractivity contribution is 7.16. The van der Waals surface area contributed by atoms with Gasteiger partial charge in [-0.05, 0) is 49.8 Å². The van der Waals surface area contributed by atoms with E-state index in [1.165, 1.54) is 23.5 Å². The number of hydrogen-bond donors (Lipinski definition) is 2. The first-order valence-corrected chi connectivity index (χ1v) is 9.78. The van der Waals surface area contributed by atoms with Crippen LogP contribution in [-0.2, 0) is 16.0 Å². The van der Waals surface area contributed by atoms with Crippen molar-refractivity contribution in [3.63, 3.8) is 0 Å². The van der Waals surface area contributed by atoms with E-state index in [9.17, 15) is 14.0 Å². The molecular weight excluding hydrogens is 365 g/mol. The van der Waals surface area contributed by atoms with Gasteiger partial charge in [0.1, 0.15) is 5.82 Å². The van der Waals surface area contributed by atoms with Gasteiger partial charge >= 0.3 is 11.8 Å². The van der Waals surface area contributed by atoms with Gasteiger partial charge in [-0.2, -0.15) is 0 Å². The molecule has 0 atom stereocenters. The number of rotatable bonds is 6. The molecule has 0 aliphatic heterocycles. The summed E-state index contributed by atoms with van der Waals surface area (Å²) in [4.78, 5) is 29.3. The molecule has 0 unspecified atom stereocenters. The van der Waals surface area contributed by atoms with Crippen LogP contribution in [0.5, 0.6) is 0 Å². The molecule has 5 nitrogen and oxygen atoms in total. The first kappa shape index (κ1) is 19.2. The number of aryl methyl sites for hydroxylation is 1. The predicted octanol–water partition coefficient (Wildman–Crippen LogP) is 3.59. The second kappa shape index (κ2) is 8.90. The summed E-state index contributed by atoms with van der Waals surface area (Å²) in [5.74, 6) is -1.07. The molecule has 1 aromatic carbocycles. The smallest absolute Gasteiger partial charge is 0.315 e. The van der Waals surface area contributed by atoms with Gasteiger partial charge in [-0.1, -0.05) is 24.3 Å². The number of hydrogen-bond acceptors (Lipinski definition) is 4. The predicted molar refractivity (Wildman–Crippen MR) is 104 cm³/mol. The number of halogens is 1. The van der Waals surface area contributed by atoms with Gasteiger partial charge in [0, 0.05) is 17.8 Å². The van der Waals surface area contributed by atoms with E-state index >= 15 is 0 Å². The van der Waals surface area contributed by atoms with Crippen LogP contribution < -0.4 is 10.6 Å². The third-order valence-corrected chi connectivity index (χ3v) is 5.61. The maximum atomic E-state index is 13.0. The number of amides is 2. The Balaban J connectivity index is 1.50. The molecule has 0 fully saturated rings. The van der Waals surface area contributed by atoms with Gasteiger partial charge in [-0.15, -0.1) is 11.3 Å². The Morgan fingerprint density at radius 3 is 2.59 bits per heavy atom. The Morgan fingerprint density at radius 2 is 1.89 bits per heavy atom. The molecular formula is C20H22FN3O2S. The fraction of sp³-hybridized carbons (Fsp3) is 0.350. The summed E-state index contributed by atoms with van der Waals surface area (Å²) in [5.41, 5.74) is 1.74. The van der Waals surface area contributed by atoms with Crippen molar-refractivity contribution in [1.82, 2.24) is 10.3 Å². The number of nitrogens with zero attached hydrogens (tertiary/aromatic N) is 1. The Morgan fingerprint density at radius 1 is 1.19 bits per heavy atom. The molecule has 142 valence electrons. The lowest BCUT2D eigenvalue weighted by Crippen LogP contribution is -2.36. The average Bonchev–Trinajstić information content (AvgIpc) is 3.27. The topological polar surface area (TPSA) is 71.1 Å². The summed E-state index contributed by atoms with van der Waals surface area (Å²) in [6, 6.07) is 6.28. The van der Waals surface area contributed by atoms with Crippen LogP contribution in [-0.4, -0.2) is 23.3 Å². The van der Waals surface area contributed by atoms with Crippen molar-refractivity contribution in [3.05, 3.63) is 58.4 Å². The lowest BCUT2D eigenvalue weighted by atomic mass is 10.0. The first-order chi connectivity index (χ1) is 13.0. The Kier molecular flexibility index (Phi) is 6.34. The Bertz CT molecular complexity index is 837. The van der Waals surface area contributed by atoms with Crippen molar-refractivity contribution >= 4 is 28.3 Å². The number of carbonyl (C=O) groups is 2. The van der Waals surface area contributed by atoms with Gasteiger partial charge in [0.25, 0.3) is 0 Å². The standard InChI is InChI=1S/C20H22FN3O2S/c1-13-17(12-15-6-8-16(21)9-7-15)27-20(23-13)24-19(26)18(25)22-11-10-14-4-2-3-5-14/h2-3,6-9,14H,4-5,10-12H2,1H3,(H,22,25)(H,23,24,26). The van der Waals surface area contributed by atoms with E-state index in [1.807, 2.05) is 6.92 Å². The summed E-state index contributed by atoms with van der Waals surface area (Å²) in [6.07, 6.45) is 7.83. The van der Waals surface area contributed by atoms with Gasteiger partial charge in [0.15, 0.2) is 5.13 Å². The molecule has 0 spiro atoms. The first-order valence-electron chi connectivity index (χ1n) is 8.96. The van der Waals surface area contributed by atoms with Crippen LogP contribution in [0.3, 0.4) is 0 Å². The molecule has 0 radical (unpaired) electrons. The van der Waals surface area contributed by atoms with E-state index in [4.69, 9.17) is 0 Å². The lowest BCUT2D eigenvalue weighted by molar-refractivity contribution is -0.136. The molecule has 3 rings (SSSR count). The number of allylic oxidation sites excluding steroid dienone is 2. The highest BCUT2D eigenvalue weighted by Gasteiger charge is 2.17. The molecule has 0 saturated heterocycles. The van der Waals surface area contributed by atoms with E-state index in [0.717, 1.165) is 35.4 Å². The zero-order chi connectivity index (χ0) is 19.2. The summed E-state index contributed by atoms with van der Waals surface area (Å²) in [6.45, 7) is 2.34. The van der Waals surface area contributed by atoms with Crippen LogP contribution in [0.15, 0.2) is 36.4 Å². The molecule has 1 aromatic heterocycles. The van der Waals surface area contributed by atoms with E-state index in [-0.39, 0.29) is 5.82 Å². The second-order valence-electron chi connectivity index (χ2n) is 6.64. The highest BCUT2D eigenvalue weighted by Crippen LogP contribution is 2.25. The van der Waals surface area contributed by atoms with E-state index in [1.54, 1.807) is 12.1 Å². The van der Waals surface area contributed by atoms with Crippen molar-refractivity contribution in [2.75, 3.05) is 11.9 Å². The van der Waals surface area contributed by atoms with Crippen molar-refractivity contribution in [3.8, 4) is 0 Å². The molecule has 1 aliphatic rings. The monoisotopic (exact) mass is 387 g/mol. The fourth-order valence-electron chi connectivity index (χ4n) is 2.97. The Hall–Kier alpha value is -2.54. The molecule has 0 saturated carbocycles. The summed E-state index contributed by atoms with van der Waals surface area (Å²) >= 11 is 1.32. The van der Waals surface area contributed by atoms with Crippen LogP contribution in [0.25, 0.3) is 0 Å². The third kappa shape index (κ3) is 5.47. The van der Waals surface area contributed by atoms with Crippen LogP contribution in [0.2, 0.25) is 0 Å². The minimum Gasteiger partial charge on any atom is -0.348 e. The van der Waals surface area contributed by atoms with Crippen LogP contribution >= 0.6 is 11.3 Å². The van der Waals surface area contributed by atoms with Gasteiger partial charge < -0.3 is 5.32 Å². The minimum absolute atomic E-state index is 0.275. The average molecular weight is 387 g/mol. The maximum absolute atomic E-state index is 13.0. The van der Waals surface area contributed by atoms with Gasteiger partial charge in [-0.3, -0.25) is 14.9 Å². The molecule has 1 heterocycles. The number of nitrogens with one attached hydrogen (secondary N) is 2. The highest BCUT2D eigenvalue weighted by atomic mass is 32.1. The van der Waals surface area contributed by atoms with Crippen molar-refractivity contribution in [2.45, 2.75) is 32.6 Å². The summed E-state index contributed by atoms with van der Waals surface area (Å²) in [5, 5.41) is 5.61. The molecule has 2 aromatic rings. The normalized spacial score (nSPS) is 13.7. The number of benzene rings is 1. The molecule has 0 bridgehead atoms. The number of carbonyl (C=O) groups excluding carboxylic acids is 2. The zero-order valence-corrected chi connectivity index (χ0v) is 15.9. The third-order valence-electron chi connectivity index (χ3n) is 4.54. The van der Waals surface area contributed by atoms with Crippen molar-refractivity contribution in [1.29, 1.82) is 0 Å². The van der Waals surface area contributed by atoms with Crippen molar-refractivity contribution in [2.24, 2.45) is 5.92 Å². The van der Waals surface area contributed by atoms with Gasteiger partial charge in [-0.25, -0.2) is 9.37 Å². The number of thiazole rings is 1. The molecule has 2 amide bonds. The van der Waals surface area contributed by atoms with Gasteiger partial charge in [0.2, 0.25) is 0 Å². The second-order valence-corrected chi connectivity index (χ2v) is 7.72. The van der Waals surface area contributed by atoms with Crippen LogP contribution in [0, 0.1) is 18.7 Å². The molecule has 27 heavy (non-hydrogen) atoms. The Labute approximate surface area is 161 Å². The summed E-state index contributed by atoms with van der Waals surface area (Å²) < 4.78 is 13.0. The quantitative estimate of drug-likeness (QED) is 0.588. The molecule has 1 aliphatic carbocycles. The lowest BCUT2D eigenvalue weighted by Gasteiger charge is -2.09. The number of anilines is 1. The van der Waals surface area contributed by atoms with Crippen LogP contribution in [0.4, 0.5) is 9.52 Å².